The zero-order chi connectivity index (χ0) is 13.4. The van der Waals surface area contributed by atoms with E-state index in [1.54, 1.807) is 0 Å². The fraction of sp³-hybridized carbons (Fsp3) is 0.846. The minimum Gasteiger partial charge on any atom is -0.469 e. The van der Waals surface area contributed by atoms with E-state index in [9.17, 15) is 9.59 Å². The normalized spacial score (nSPS) is 21.6. The van der Waals surface area contributed by atoms with Crippen LogP contribution in [0.3, 0.4) is 0 Å². The lowest BCUT2D eigenvalue weighted by Gasteiger charge is -2.10. The van der Waals surface area contributed by atoms with Gasteiger partial charge in [0.15, 0.2) is 0 Å². The maximum atomic E-state index is 11.7. The summed E-state index contributed by atoms with van der Waals surface area (Å²) in [5.41, 5.74) is 5.78. The fourth-order valence-corrected chi connectivity index (χ4v) is 2.28. The van der Waals surface area contributed by atoms with E-state index in [1.807, 2.05) is 0 Å². The molecule has 0 aliphatic heterocycles. The predicted octanol–water partition coefficient (Wildman–Crippen LogP) is 1.39. The summed E-state index contributed by atoms with van der Waals surface area (Å²) in [6.45, 7) is 0.686. The average molecular weight is 293 g/mol. The van der Waals surface area contributed by atoms with Gasteiger partial charge in [-0.25, -0.2) is 0 Å². The summed E-state index contributed by atoms with van der Waals surface area (Å²) in [5, 5.41) is 2.94. The van der Waals surface area contributed by atoms with Gasteiger partial charge in [-0.3, -0.25) is 9.59 Å². The molecule has 5 nitrogen and oxygen atoms in total. The van der Waals surface area contributed by atoms with Gasteiger partial charge in [0, 0.05) is 24.9 Å². The van der Waals surface area contributed by atoms with Crippen LogP contribution in [0.1, 0.15) is 44.9 Å². The zero-order valence-corrected chi connectivity index (χ0v) is 12.3. The van der Waals surface area contributed by atoms with E-state index >= 15 is 0 Å². The molecule has 6 heteroatoms. The molecule has 0 bridgehead atoms. The third-order valence-corrected chi connectivity index (χ3v) is 3.43. The molecular weight excluding hydrogens is 268 g/mol. The van der Waals surface area contributed by atoms with Crippen molar-refractivity contribution in [3.8, 4) is 0 Å². The first kappa shape index (κ1) is 18.2. The van der Waals surface area contributed by atoms with E-state index < -0.39 is 0 Å². The van der Waals surface area contributed by atoms with Gasteiger partial charge in [-0.2, -0.15) is 0 Å². The molecule has 0 spiro atoms. The van der Waals surface area contributed by atoms with Crippen LogP contribution in [0.2, 0.25) is 0 Å². The van der Waals surface area contributed by atoms with Crippen LogP contribution in [0.25, 0.3) is 0 Å². The summed E-state index contributed by atoms with van der Waals surface area (Å²) in [7, 11) is 1.40. The minimum absolute atomic E-state index is 0. The average Bonchev–Trinajstić information content (AvgIpc) is 2.79. The number of amides is 1. The second kappa shape index (κ2) is 10.0. The Balaban J connectivity index is 0.00000324. The molecule has 0 aromatic heterocycles. The van der Waals surface area contributed by atoms with Crippen molar-refractivity contribution >= 4 is 24.3 Å². The number of ether oxygens (including phenoxy) is 1. The van der Waals surface area contributed by atoms with Gasteiger partial charge < -0.3 is 15.8 Å². The first-order valence-electron chi connectivity index (χ1n) is 6.73. The number of nitrogens with two attached hydrogens (primary N) is 1. The van der Waals surface area contributed by atoms with E-state index in [-0.39, 0.29) is 36.2 Å². The van der Waals surface area contributed by atoms with Gasteiger partial charge in [0.1, 0.15) is 0 Å². The lowest BCUT2D eigenvalue weighted by molar-refractivity contribution is -0.140. The molecular formula is C13H25ClN2O3. The molecule has 112 valence electrons. The fourth-order valence-electron chi connectivity index (χ4n) is 2.28. The molecule has 3 N–H and O–H groups in total. The maximum Gasteiger partial charge on any atom is 0.305 e. The summed E-state index contributed by atoms with van der Waals surface area (Å²) in [5.74, 6) is 0.0740. The molecule has 1 fully saturated rings. The molecule has 1 aliphatic rings. The van der Waals surface area contributed by atoms with Crippen LogP contribution in [0.5, 0.6) is 0 Å². The molecule has 2 unspecified atom stereocenters. The first-order valence-corrected chi connectivity index (χ1v) is 6.73. The van der Waals surface area contributed by atoms with Crippen molar-refractivity contribution in [1.29, 1.82) is 0 Å². The second-order valence-electron chi connectivity index (χ2n) is 4.95. The third kappa shape index (κ3) is 7.38. The number of halogens is 1. The van der Waals surface area contributed by atoms with Gasteiger partial charge in [-0.1, -0.05) is 6.42 Å². The Labute approximate surface area is 121 Å². The molecule has 0 heterocycles. The maximum absolute atomic E-state index is 11.7. The predicted molar refractivity (Wildman–Crippen MR) is 76.1 cm³/mol. The highest BCUT2D eigenvalue weighted by Gasteiger charge is 2.27. The first-order chi connectivity index (χ1) is 8.63. The van der Waals surface area contributed by atoms with E-state index in [0.29, 0.717) is 13.0 Å². The Hall–Kier alpha value is -0.810. The number of hydrogen-bond donors (Lipinski definition) is 2. The Morgan fingerprint density at radius 1 is 1.26 bits per heavy atom. The number of carbonyl (C=O) groups is 2. The van der Waals surface area contributed by atoms with Crippen molar-refractivity contribution in [2.24, 2.45) is 11.7 Å². The Bertz CT molecular complexity index is 287. The monoisotopic (exact) mass is 292 g/mol. The van der Waals surface area contributed by atoms with Gasteiger partial charge in [0.25, 0.3) is 0 Å². The van der Waals surface area contributed by atoms with E-state index in [0.717, 1.165) is 38.5 Å². The molecule has 2 atom stereocenters. The largest absolute Gasteiger partial charge is 0.469 e. The zero-order valence-electron chi connectivity index (χ0n) is 11.5. The van der Waals surface area contributed by atoms with Crippen LogP contribution in [0, 0.1) is 5.92 Å². The number of methoxy groups -OCH3 is 1. The number of nitrogens with one attached hydrogen (secondary N) is 1. The molecule has 1 saturated carbocycles. The lowest BCUT2D eigenvalue weighted by Crippen LogP contribution is -2.31. The van der Waals surface area contributed by atoms with Crippen molar-refractivity contribution in [2.45, 2.75) is 51.0 Å². The van der Waals surface area contributed by atoms with Crippen molar-refractivity contribution in [1.82, 2.24) is 5.32 Å². The number of rotatable bonds is 7. The molecule has 1 rings (SSSR count). The number of hydrogen-bond acceptors (Lipinski definition) is 4. The Kier molecular flexibility index (Phi) is 9.61. The van der Waals surface area contributed by atoms with Gasteiger partial charge in [0.2, 0.25) is 5.91 Å². The number of unbranched alkanes of at least 4 members (excludes halogenated alkanes) is 2. The highest BCUT2D eigenvalue weighted by Crippen LogP contribution is 2.23. The van der Waals surface area contributed by atoms with Gasteiger partial charge >= 0.3 is 5.97 Å². The van der Waals surface area contributed by atoms with E-state index in [4.69, 9.17) is 5.73 Å². The van der Waals surface area contributed by atoms with Gasteiger partial charge in [0.05, 0.1) is 7.11 Å². The molecule has 0 radical (unpaired) electrons. The smallest absolute Gasteiger partial charge is 0.305 e. The highest BCUT2D eigenvalue weighted by molar-refractivity contribution is 5.85. The molecule has 1 amide bonds. The third-order valence-electron chi connectivity index (χ3n) is 3.43. The van der Waals surface area contributed by atoms with E-state index in [1.165, 1.54) is 7.11 Å². The summed E-state index contributed by atoms with van der Waals surface area (Å²) < 4.78 is 4.55. The van der Waals surface area contributed by atoms with Crippen molar-refractivity contribution < 1.29 is 14.3 Å². The van der Waals surface area contributed by atoms with Crippen molar-refractivity contribution in [3.05, 3.63) is 0 Å². The summed E-state index contributed by atoms with van der Waals surface area (Å²) in [6.07, 6.45) is 5.79. The SMILES string of the molecule is COC(=O)CCCCCNC(=O)C1CCC(N)C1.Cl. The van der Waals surface area contributed by atoms with Crippen LogP contribution in [0.15, 0.2) is 0 Å². The van der Waals surface area contributed by atoms with E-state index in [2.05, 4.69) is 10.1 Å². The van der Waals surface area contributed by atoms with Crippen LogP contribution in [-0.4, -0.2) is 31.6 Å². The number of carbonyl (C=O) groups excluding carboxylic acids is 2. The summed E-state index contributed by atoms with van der Waals surface area (Å²) in [6, 6.07) is 0.195. The highest BCUT2D eigenvalue weighted by atomic mass is 35.5. The van der Waals surface area contributed by atoms with Crippen LogP contribution < -0.4 is 11.1 Å². The van der Waals surface area contributed by atoms with Crippen molar-refractivity contribution in [2.75, 3.05) is 13.7 Å². The van der Waals surface area contributed by atoms with Crippen LogP contribution >= 0.6 is 12.4 Å². The lowest BCUT2D eigenvalue weighted by atomic mass is 10.1. The van der Waals surface area contributed by atoms with Gasteiger partial charge in [-0.05, 0) is 32.1 Å². The molecule has 0 saturated heterocycles. The Morgan fingerprint density at radius 2 is 2.00 bits per heavy atom. The molecule has 19 heavy (non-hydrogen) atoms. The molecule has 0 aromatic carbocycles. The minimum atomic E-state index is -0.168. The second-order valence-corrected chi connectivity index (χ2v) is 4.95. The van der Waals surface area contributed by atoms with Gasteiger partial charge in [-0.15, -0.1) is 12.4 Å². The topological polar surface area (TPSA) is 81.4 Å². The van der Waals surface area contributed by atoms with Crippen LogP contribution in [-0.2, 0) is 14.3 Å². The van der Waals surface area contributed by atoms with Crippen molar-refractivity contribution in [3.63, 3.8) is 0 Å². The molecule has 0 aromatic rings. The Morgan fingerprint density at radius 3 is 2.58 bits per heavy atom. The quantitative estimate of drug-likeness (QED) is 0.549. The number of esters is 1. The molecule has 1 aliphatic carbocycles. The standard InChI is InChI=1S/C13H24N2O3.ClH/c1-18-12(16)5-3-2-4-8-15-13(17)10-6-7-11(14)9-10;/h10-11H,2-9,14H2,1H3,(H,15,17);1H. The van der Waals surface area contributed by atoms with Crippen LogP contribution in [0.4, 0.5) is 0 Å². The summed E-state index contributed by atoms with van der Waals surface area (Å²) in [4.78, 5) is 22.6. The summed E-state index contributed by atoms with van der Waals surface area (Å²) >= 11 is 0.